The first kappa shape index (κ1) is 30.5. The SMILES string of the molecule is CC(=O)OC[C@@H]1O[C@H](Oc2ccc(C(=O)Cc3csc(C)n3)c(O)c2)[C@H](OC(C)=O)[C@H](OC(C)=O)[C@H]1OC(C)=O. The van der Waals surface area contributed by atoms with Crippen LogP contribution in [0.25, 0.3) is 0 Å². The molecule has 14 heteroatoms. The number of esters is 4. The molecule has 0 radical (unpaired) electrons. The van der Waals surface area contributed by atoms with Gasteiger partial charge in [-0.3, -0.25) is 24.0 Å². The molecular formula is C26H29NO12S. The summed E-state index contributed by atoms with van der Waals surface area (Å²) in [4.78, 5) is 64.2. The van der Waals surface area contributed by atoms with Crippen molar-refractivity contribution < 1.29 is 57.5 Å². The quantitative estimate of drug-likeness (QED) is 0.246. The zero-order valence-corrected chi connectivity index (χ0v) is 23.2. The molecule has 2 aromatic rings. The van der Waals surface area contributed by atoms with Crippen molar-refractivity contribution in [2.75, 3.05) is 6.61 Å². The van der Waals surface area contributed by atoms with Crippen LogP contribution in [0.5, 0.6) is 11.5 Å². The second-order valence-electron chi connectivity index (χ2n) is 8.82. The Morgan fingerprint density at radius 2 is 1.55 bits per heavy atom. The van der Waals surface area contributed by atoms with E-state index in [-0.39, 0.29) is 29.3 Å². The van der Waals surface area contributed by atoms with Crippen LogP contribution in [0.4, 0.5) is 0 Å². The smallest absolute Gasteiger partial charge is 0.303 e. The molecular weight excluding hydrogens is 550 g/mol. The van der Waals surface area contributed by atoms with Crippen LogP contribution in [0.1, 0.15) is 48.8 Å². The fraction of sp³-hybridized carbons (Fsp3) is 0.462. The molecule has 2 heterocycles. The van der Waals surface area contributed by atoms with E-state index in [0.717, 1.165) is 38.8 Å². The van der Waals surface area contributed by atoms with Crippen LogP contribution in [0.3, 0.4) is 0 Å². The van der Waals surface area contributed by atoms with Gasteiger partial charge >= 0.3 is 23.9 Å². The van der Waals surface area contributed by atoms with Crippen LogP contribution < -0.4 is 4.74 Å². The first-order chi connectivity index (χ1) is 18.8. The molecule has 1 saturated heterocycles. The molecule has 3 rings (SSSR count). The summed E-state index contributed by atoms with van der Waals surface area (Å²) in [6, 6.07) is 3.89. The molecule has 0 aliphatic carbocycles. The molecule has 1 aliphatic rings. The summed E-state index contributed by atoms with van der Waals surface area (Å²) in [5.41, 5.74) is 0.601. The number of aryl methyl sites for hydroxylation is 1. The number of thiazole rings is 1. The fourth-order valence-corrected chi connectivity index (χ4v) is 4.60. The Hall–Kier alpha value is -4.04. The fourth-order valence-electron chi connectivity index (χ4n) is 3.99. The number of phenols is 1. The van der Waals surface area contributed by atoms with Crippen LogP contribution in [0, 0.1) is 6.92 Å². The number of aromatic nitrogens is 1. The predicted molar refractivity (Wildman–Crippen MR) is 136 cm³/mol. The molecule has 5 atom stereocenters. The number of nitrogens with zero attached hydrogens (tertiary/aromatic N) is 1. The standard InChI is InChI=1S/C26H29NO12S/c1-12-27-17(11-40-12)8-20(32)19-7-6-18(9-21(19)33)38-26-25(37-16(5)31)24(36-15(4)30)23(35-14(3)29)22(39-26)10-34-13(2)28/h6-7,9,11,22-26,33H,8,10H2,1-5H3/t22-,23-,24+,25+,26-/m0/s1. The van der Waals surface area contributed by atoms with Gasteiger partial charge in [-0.1, -0.05) is 0 Å². The van der Waals surface area contributed by atoms with E-state index in [1.807, 2.05) is 6.92 Å². The van der Waals surface area contributed by atoms with Crippen molar-refractivity contribution >= 4 is 41.0 Å². The molecule has 1 N–H and O–H groups in total. The zero-order valence-electron chi connectivity index (χ0n) is 22.4. The van der Waals surface area contributed by atoms with E-state index in [0.29, 0.717) is 5.69 Å². The lowest BCUT2D eigenvalue weighted by atomic mass is 9.98. The van der Waals surface area contributed by atoms with Crippen molar-refractivity contribution in [2.45, 2.75) is 71.7 Å². The summed E-state index contributed by atoms with van der Waals surface area (Å²) < 4.78 is 32.8. The highest BCUT2D eigenvalue weighted by molar-refractivity contribution is 7.09. The molecule has 216 valence electrons. The molecule has 13 nitrogen and oxygen atoms in total. The van der Waals surface area contributed by atoms with Crippen molar-refractivity contribution in [2.24, 2.45) is 0 Å². The number of ether oxygens (including phenoxy) is 6. The van der Waals surface area contributed by atoms with Gasteiger partial charge in [-0.2, -0.15) is 0 Å². The first-order valence-electron chi connectivity index (χ1n) is 12.1. The molecule has 1 aliphatic heterocycles. The summed E-state index contributed by atoms with van der Waals surface area (Å²) >= 11 is 1.40. The van der Waals surface area contributed by atoms with E-state index in [4.69, 9.17) is 28.4 Å². The Labute approximate surface area is 233 Å². The van der Waals surface area contributed by atoms with Gasteiger partial charge in [0.1, 0.15) is 24.2 Å². The van der Waals surface area contributed by atoms with E-state index in [1.165, 1.54) is 23.5 Å². The van der Waals surface area contributed by atoms with E-state index in [1.54, 1.807) is 5.38 Å². The number of Topliss-reactive ketones (excluding diaryl/α,β-unsaturated/α-hetero) is 1. The van der Waals surface area contributed by atoms with Crippen molar-refractivity contribution in [3.05, 3.63) is 39.8 Å². The van der Waals surface area contributed by atoms with Gasteiger partial charge in [-0.15, -0.1) is 11.3 Å². The van der Waals surface area contributed by atoms with Crippen molar-refractivity contribution in [1.82, 2.24) is 4.98 Å². The molecule has 0 spiro atoms. The van der Waals surface area contributed by atoms with Crippen LogP contribution in [-0.4, -0.2) is 77.1 Å². The van der Waals surface area contributed by atoms with Gasteiger partial charge in [0.15, 0.2) is 18.0 Å². The maximum Gasteiger partial charge on any atom is 0.303 e. The number of aromatic hydroxyl groups is 1. The van der Waals surface area contributed by atoms with Gasteiger partial charge in [-0.25, -0.2) is 4.98 Å². The average molecular weight is 580 g/mol. The van der Waals surface area contributed by atoms with Gasteiger partial charge in [0.25, 0.3) is 0 Å². The lowest BCUT2D eigenvalue weighted by molar-refractivity contribution is -0.288. The topological polar surface area (TPSA) is 174 Å². The minimum Gasteiger partial charge on any atom is -0.507 e. The number of carbonyl (C=O) groups is 5. The lowest BCUT2D eigenvalue weighted by Crippen LogP contribution is -2.63. The van der Waals surface area contributed by atoms with Gasteiger partial charge in [0.2, 0.25) is 12.4 Å². The Morgan fingerprint density at radius 3 is 2.10 bits per heavy atom. The van der Waals surface area contributed by atoms with Crippen LogP contribution >= 0.6 is 11.3 Å². The van der Waals surface area contributed by atoms with E-state index in [9.17, 15) is 29.1 Å². The van der Waals surface area contributed by atoms with E-state index < -0.39 is 61.2 Å². The van der Waals surface area contributed by atoms with Crippen LogP contribution in [-0.2, 0) is 49.3 Å². The summed E-state index contributed by atoms with van der Waals surface area (Å²) in [6.07, 6.45) is -6.91. The molecule has 1 fully saturated rings. The highest BCUT2D eigenvalue weighted by Gasteiger charge is 2.53. The zero-order chi connectivity index (χ0) is 29.6. The molecule has 0 unspecified atom stereocenters. The summed E-state index contributed by atoms with van der Waals surface area (Å²) in [5, 5.41) is 13.1. The largest absolute Gasteiger partial charge is 0.507 e. The number of rotatable bonds is 10. The number of carbonyl (C=O) groups excluding carboxylic acids is 5. The second-order valence-corrected chi connectivity index (χ2v) is 9.88. The van der Waals surface area contributed by atoms with Crippen LogP contribution in [0.2, 0.25) is 0 Å². The molecule has 40 heavy (non-hydrogen) atoms. The minimum atomic E-state index is -1.49. The van der Waals surface area contributed by atoms with Gasteiger partial charge < -0.3 is 33.5 Å². The minimum absolute atomic E-state index is 0.000507. The van der Waals surface area contributed by atoms with Crippen LogP contribution in [0.15, 0.2) is 23.6 Å². The molecule has 0 amide bonds. The highest BCUT2D eigenvalue weighted by Crippen LogP contribution is 2.33. The number of benzene rings is 1. The first-order valence-corrected chi connectivity index (χ1v) is 13.0. The number of ketones is 1. The third-order valence-electron chi connectivity index (χ3n) is 5.48. The Balaban J connectivity index is 1.91. The second kappa shape index (κ2) is 13.3. The van der Waals surface area contributed by atoms with Crippen molar-refractivity contribution in [3.8, 4) is 11.5 Å². The van der Waals surface area contributed by atoms with E-state index in [2.05, 4.69) is 4.98 Å². The van der Waals surface area contributed by atoms with Gasteiger partial charge in [0, 0.05) is 39.1 Å². The van der Waals surface area contributed by atoms with Crippen molar-refractivity contribution in [3.63, 3.8) is 0 Å². The predicted octanol–water partition coefficient (Wildman–Crippen LogP) is 2.04. The number of hydrogen-bond acceptors (Lipinski definition) is 14. The highest BCUT2D eigenvalue weighted by atomic mass is 32.1. The Kier molecular flexibility index (Phi) is 10.2. The summed E-state index contributed by atoms with van der Waals surface area (Å²) in [5.74, 6) is -3.77. The lowest BCUT2D eigenvalue weighted by Gasteiger charge is -2.43. The third kappa shape index (κ3) is 8.23. The molecule has 0 bridgehead atoms. The van der Waals surface area contributed by atoms with Gasteiger partial charge in [0.05, 0.1) is 22.7 Å². The Bertz CT molecular complexity index is 1270. The molecule has 1 aromatic carbocycles. The molecule has 1 aromatic heterocycles. The normalized spacial score (nSPS) is 22.1. The maximum atomic E-state index is 12.7. The summed E-state index contributed by atoms with van der Waals surface area (Å²) in [7, 11) is 0. The van der Waals surface area contributed by atoms with Crippen molar-refractivity contribution in [1.29, 1.82) is 0 Å². The third-order valence-corrected chi connectivity index (χ3v) is 6.30. The summed E-state index contributed by atoms with van der Waals surface area (Å²) in [6.45, 7) is 5.86. The van der Waals surface area contributed by atoms with E-state index >= 15 is 0 Å². The Morgan fingerprint density at radius 1 is 0.925 bits per heavy atom. The number of phenolic OH excluding ortho intramolecular Hbond substituents is 1. The van der Waals surface area contributed by atoms with Gasteiger partial charge in [-0.05, 0) is 19.1 Å². The maximum absolute atomic E-state index is 12.7. The monoisotopic (exact) mass is 579 g/mol. The molecule has 0 saturated carbocycles. The number of hydrogen-bond donors (Lipinski definition) is 1. The average Bonchev–Trinajstić information content (AvgIpc) is 3.25.